The molecule has 0 spiro atoms. The van der Waals surface area contributed by atoms with Crippen LogP contribution >= 0.6 is 0 Å². The Labute approximate surface area is 157 Å². The number of amides is 1. The quantitative estimate of drug-likeness (QED) is 0.845. The van der Waals surface area contributed by atoms with E-state index in [2.05, 4.69) is 30.7 Å². The Morgan fingerprint density at radius 1 is 1.23 bits per heavy atom. The number of rotatable bonds is 3. The highest BCUT2D eigenvalue weighted by atomic mass is 16.6. The van der Waals surface area contributed by atoms with Crippen molar-refractivity contribution in [2.75, 3.05) is 31.1 Å². The summed E-state index contributed by atoms with van der Waals surface area (Å²) in [6, 6.07) is 2.17. The molecular formula is C21H31N3O2. The Morgan fingerprint density at radius 2 is 1.85 bits per heavy atom. The van der Waals surface area contributed by atoms with Crippen molar-refractivity contribution in [3.63, 3.8) is 0 Å². The molecule has 0 atom stereocenters. The standard InChI is InChI=1S/C21H31N3O2/c1-7-8-18-15(2)17(14-22)13-19(16(18)3)23-9-11-24(12-10-23)20(25)26-21(4,5)6/h1,13H,8-12,14,22H2,2-6H3. The van der Waals surface area contributed by atoms with Gasteiger partial charge in [-0.25, -0.2) is 4.79 Å². The molecule has 2 N–H and O–H groups in total. The fourth-order valence-electron chi connectivity index (χ4n) is 3.38. The summed E-state index contributed by atoms with van der Waals surface area (Å²) >= 11 is 0. The molecule has 142 valence electrons. The lowest BCUT2D eigenvalue weighted by Crippen LogP contribution is -2.50. The molecule has 0 radical (unpaired) electrons. The minimum atomic E-state index is -0.470. The van der Waals surface area contributed by atoms with Gasteiger partial charge >= 0.3 is 6.09 Å². The molecular weight excluding hydrogens is 326 g/mol. The van der Waals surface area contributed by atoms with E-state index in [1.165, 1.54) is 22.4 Å². The van der Waals surface area contributed by atoms with Gasteiger partial charge in [0.2, 0.25) is 0 Å². The first-order chi connectivity index (χ1) is 12.2. The van der Waals surface area contributed by atoms with Crippen LogP contribution in [-0.2, 0) is 17.7 Å². The molecule has 1 amide bonds. The molecule has 0 bridgehead atoms. The first-order valence-electron chi connectivity index (χ1n) is 9.16. The number of carbonyl (C=O) groups excluding carboxylic acids is 1. The van der Waals surface area contributed by atoms with Gasteiger partial charge in [0.15, 0.2) is 0 Å². The van der Waals surface area contributed by atoms with Crippen LogP contribution < -0.4 is 10.6 Å². The predicted octanol–water partition coefficient (Wildman–Crippen LogP) is 2.99. The molecule has 1 heterocycles. The van der Waals surface area contributed by atoms with Gasteiger partial charge in [-0.1, -0.05) is 0 Å². The number of ether oxygens (including phenoxy) is 1. The number of hydrogen-bond acceptors (Lipinski definition) is 4. The lowest BCUT2D eigenvalue weighted by molar-refractivity contribution is 0.0240. The van der Waals surface area contributed by atoms with Gasteiger partial charge in [0.25, 0.3) is 0 Å². The van der Waals surface area contributed by atoms with Crippen molar-refractivity contribution in [2.24, 2.45) is 5.73 Å². The summed E-state index contributed by atoms with van der Waals surface area (Å²) < 4.78 is 5.47. The maximum atomic E-state index is 12.3. The molecule has 1 saturated heterocycles. The largest absolute Gasteiger partial charge is 0.444 e. The molecule has 1 aromatic rings. The van der Waals surface area contributed by atoms with E-state index in [0.717, 1.165) is 18.7 Å². The lowest BCUT2D eigenvalue weighted by Gasteiger charge is -2.38. The third kappa shape index (κ3) is 4.50. The van der Waals surface area contributed by atoms with Crippen LogP contribution in [0.3, 0.4) is 0 Å². The van der Waals surface area contributed by atoms with Crippen LogP contribution in [-0.4, -0.2) is 42.8 Å². The zero-order valence-corrected chi connectivity index (χ0v) is 16.7. The predicted molar refractivity (Wildman–Crippen MR) is 106 cm³/mol. The zero-order chi connectivity index (χ0) is 19.5. The second-order valence-electron chi connectivity index (χ2n) is 7.82. The summed E-state index contributed by atoms with van der Waals surface area (Å²) in [4.78, 5) is 16.3. The van der Waals surface area contributed by atoms with Gasteiger partial charge in [0, 0.05) is 44.8 Å². The van der Waals surface area contributed by atoms with Crippen molar-refractivity contribution < 1.29 is 9.53 Å². The van der Waals surface area contributed by atoms with Crippen LogP contribution in [0.5, 0.6) is 0 Å². The smallest absolute Gasteiger partial charge is 0.410 e. The number of nitrogens with zero attached hydrogens (tertiary/aromatic N) is 2. The van der Waals surface area contributed by atoms with Crippen molar-refractivity contribution in [1.29, 1.82) is 0 Å². The maximum absolute atomic E-state index is 12.3. The van der Waals surface area contributed by atoms with Gasteiger partial charge < -0.3 is 20.3 Å². The summed E-state index contributed by atoms with van der Waals surface area (Å²) in [7, 11) is 0. The van der Waals surface area contributed by atoms with Crippen LogP contribution in [0, 0.1) is 26.2 Å². The molecule has 1 aliphatic rings. The number of carbonyl (C=O) groups is 1. The summed E-state index contributed by atoms with van der Waals surface area (Å²) in [5.41, 5.74) is 11.4. The van der Waals surface area contributed by atoms with E-state index < -0.39 is 5.60 Å². The number of terminal acetylenes is 1. The molecule has 0 aromatic heterocycles. The molecule has 0 unspecified atom stereocenters. The number of nitrogens with two attached hydrogens (primary N) is 1. The van der Waals surface area contributed by atoms with Crippen molar-refractivity contribution in [3.8, 4) is 12.3 Å². The third-order valence-electron chi connectivity index (χ3n) is 4.85. The van der Waals surface area contributed by atoms with E-state index in [9.17, 15) is 4.79 Å². The van der Waals surface area contributed by atoms with Crippen molar-refractivity contribution in [2.45, 2.75) is 53.2 Å². The van der Waals surface area contributed by atoms with Crippen molar-refractivity contribution >= 4 is 11.8 Å². The number of anilines is 1. The van der Waals surface area contributed by atoms with Crippen molar-refractivity contribution in [1.82, 2.24) is 4.90 Å². The molecule has 0 aliphatic carbocycles. The maximum Gasteiger partial charge on any atom is 0.410 e. The van der Waals surface area contributed by atoms with E-state index >= 15 is 0 Å². The average Bonchev–Trinajstić information content (AvgIpc) is 2.57. The first kappa shape index (κ1) is 20.1. The molecule has 2 rings (SSSR count). The lowest BCUT2D eigenvalue weighted by atomic mass is 9.93. The van der Waals surface area contributed by atoms with Crippen LogP contribution in [0.4, 0.5) is 10.5 Å². The normalized spacial score (nSPS) is 15.0. The van der Waals surface area contributed by atoms with Gasteiger partial charge in [-0.05, 0) is 62.9 Å². The fraction of sp³-hybridized carbons (Fsp3) is 0.571. The Balaban J connectivity index is 2.18. The van der Waals surface area contributed by atoms with E-state index in [1.807, 2.05) is 20.8 Å². The van der Waals surface area contributed by atoms with Crippen LogP contribution in [0.15, 0.2) is 6.07 Å². The number of hydrogen-bond donors (Lipinski definition) is 1. The van der Waals surface area contributed by atoms with Crippen LogP contribution in [0.25, 0.3) is 0 Å². The average molecular weight is 357 g/mol. The summed E-state index contributed by atoms with van der Waals surface area (Å²) in [5, 5.41) is 0. The first-order valence-corrected chi connectivity index (χ1v) is 9.16. The summed E-state index contributed by atoms with van der Waals surface area (Å²) in [6.45, 7) is 13.2. The molecule has 1 aromatic carbocycles. The third-order valence-corrected chi connectivity index (χ3v) is 4.85. The highest BCUT2D eigenvalue weighted by molar-refractivity contribution is 5.69. The van der Waals surface area contributed by atoms with Gasteiger partial charge in [0.05, 0.1) is 0 Å². The Morgan fingerprint density at radius 3 is 2.35 bits per heavy atom. The van der Waals surface area contributed by atoms with E-state index in [0.29, 0.717) is 26.1 Å². The van der Waals surface area contributed by atoms with Crippen LogP contribution in [0.2, 0.25) is 0 Å². The van der Waals surface area contributed by atoms with E-state index in [1.54, 1.807) is 4.90 Å². The highest BCUT2D eigenvalue weighted by Crippen LogP contribution is 2.30. The topological polar surface area (TPSA) is 58.8 Å². The Bertz CT molecular complexity index is 705. The number of piperazine rings is 1. The highest BCUT2D eigenvalue weighted by Gasteiger charge is 2.27. The van der Waals surface area contributed by atoms with Gasteiger partial charge in [-0.15, -0.1) is 12.3 Å². The van der Waals surface area contributed by atoms with Crippen molar-refractivity contribution in [3.05, 3.63) is 28.3 Å². The molecule has 0 saturated carbocycles. The number of benzene rings is 1. The molecule has 5 heteroatoms. The fourth-order valence-corrected chi connectivity index (χ4v) is 3.38. The van der Waals surface area contributed by atoms with Gasteiger partial charge in [-0.2, -0.15) is 0 Å². The zero-order valence-electron chi connectivity index (χ0n) is 16.7. The second-order valence-corrected chi connectivity index (χ2v) is 7.82. The SMILES string of the molecule is C#CCc1c(C)c(CN)cc(N2CCN(C(=O)OC(C)(C)C)CC2)c1C. The summed E-state index contributed by atoms with van der Waals surface area (Å²) in [5.74, 6) is 2.76. The molecule has 1 aliphatic heterocycles. The van der Waals surface area contributed by atoms with Gasteiger partial charge in [0.1, 0.15) is 5.60 Å². The monoisotopic (exact) mass is 357 g/mol. The summed E-state index contributed by atoms with van der Waals surface area (Å²) in [6.07, 6.45) is 5.93. The molecule has 5 nitrogen and oxygen atoms in total. The Kier molecular flexibility index (Phi) is 6.20. The molecule has 26 heavy (non-hydrogen) atoms. The minimum absolute atomic E-state index is 0.242. The molecule has 1 fully saturated rings. The van der Waals surface area contributed by atoms with Gasteiger partial charge in [-0.3, -0.25) is 0 Å². The van der Waals surface area contributed by atoms with Crippen LogP contribution in [0.1, 0.15) is 43.0 Å². The van der Waals surface area contributed by atoms with E-state index in [-0.39, 0.29) is 6.09 Å². The van der Waals surface area contributed by atoms with E-state index in [4.69, 9.17) is 16.9 Å². The second kappa shape index (κ2) is 8.01. The Hall–Kier alpha value is -2.19. The minimum Gasteiger partial charge on any atom is -0.444 e.